The third kappa shape index (κ3) is 2.96. The van der Waals surface area contributed by atoms with Crippen molar-refractivity contribution in [1.29, 1.82) is 0 Å². The monoisotopic (exact) mass is 313 g/mol. The van der Waals surface area contributed by atoms with Gasteiger partial charge in [0.05, 0.1) is 6.61 Å². The van der Waals surface area contributed by atoms with E-state index in [0.717, 1.165) is 5.92 Å². The fraction of sp³-hybridized carbons (Fsp3) is 0.421. The number of carbonyl (C=O) groups excluding carboxylic acids is 1. The van der Waals surface area contributed by atoms with Crippen molar-refractivity contribution in [1.82, 2.24) is 4.90 Å². The predicted molar refractivity (Wildman–Crippen MR) is 88.7 cm³/mol. The molecule has 4 nitrogen and oxygen atoms in total. The zero-order valence-corrected chi connectivity index (χ0v) is 13.0. The maximum Gasteiger partial charge on any atom is 0.255 e. The molecule has 2 unspecified atom stereocenters. The quantitative estimate of drug-likeness (QED) is 0.928. The lowest BCUT2D eigenvalue weighted by molar-refractivity contribution is -0.162. The van der Waals surface area contributed by atoms with Gasteiger partial charge in [-0.1, -0.05) is 48.6 Å². The molecular weight excluding hydrogens is 290 g/mol. The summed E-state index contributed by atoms with van der Waals surface area (Å²) in [7, 11) is 0. The molecule has 1 saturated heterocycles. The van der Waals surface area contributed by atoms with Crippen molar-refractivity contribution >= 4 is 5.91 Å². The van der Waals surface area contributed by atoms with Crippen LogP contribution in [-0.2, 0) is 9.53 Å². The molecule has 4 atom stereocenters. The lowest BCUT2D eigenvalue weighted by atomic mass is 10.0. The summed E-state index contributed by atoms with van der Waals surface area (Å²) in [5, 5.41) is 10.5. The summed E-state index contributed by atoms with van der Waals surface area (Å²) in [6.07, 6.45) is 6.19. The Balaban J connectivity index is 0.00000169. The summed E-state index contributed by atoms with van der Waals surface area (Å²) in [5.41, 5.74) is 1.91. The van der Waals surface area contributed by atoms with E-state index in [1.807, 2.05) is 30.3 Å². The van der Waals surface area contributed by atoms with E-state index in [2.05, 4.69) is 18.2 Å². The Morgan fingerprint density at radius 1 is 1.30 bits per heavy atom. The minimum Gasteiger partial charge on any atom is -0.385 e. The molecule has 1 aromatic carbocycles. The number of nitrogens with zero attached hydrogens (tertiary/aromatic N) is 1. The molecule has 23 heavy (non-hydrogen) atoms. The molecule has 1 N–H and O–H groups in total. The third-order valence-electron chi connectivity index (χ3n) is 4.89. The second-order valence-electron chi connectivity index (χ2n) is 6.57. The Hall–Kier alpha value is -1.91. The van der Waals surface area contributed by atoms with Crippen molar-refractivity contribution in [2.24, 2.45) is 11.8 Å². The molecule has 1 saturated carbocycles. The number of amides is 1. The first-order chi connectivity index (χ1) is 11.2. The fourth-order valence-electron chi connectivity index (χ4n) is 3.41. The highest BCUT2D eigenvalue weighted by Crippen LogP contribution is 2.44. The largest absolute Gasteiger partial charge is 0.385 e. The first kappa shape index (κ1) is 14.7. The molecule has 0 radical (unpaired) electrons. The maximum atomic E-state index is 12.7. The number of allylic oxidation sites excluding steroid dienone is 2. The first-order valence-electron chi connectivity index (χ1n) is 8.24. The average Bonchev–Trinajstić information content (AvgIpc) is 3.36. The molecule has 4 rings (SSSR count). The highest BCUT2D eigenvalue weighted by atomic mass is 16.5. The van der Waals surface area contributed by atoms with Gasteiger partial charge in [-0.25, -0.2) is 0 Å². The van der Waals surface area contributed by atoms with Gasteiger partial charge in [0.1, 0.15) is 6.10 Å². The number of morpholine rings is 1. The van der Waals surface area contributed by atoms with Gasteiger partial charge in [-0.2, -0.15) is 0 Å². The summed E-state index contributed by atoms with van der Waals surface area (Å²) >= 11 is 0. The number of ether oxygens (including phenoxy) is 1. The SMILES string of the molecule is O=C1[C@H]([C@@H](O)c2ccccc2)OCCN1CC1=CC2CC2C=C1.[HH]. The predicted octanol–water partition coefficient (Wildman–Crippen LogP) is 2.33. The van der Waals surface area contributed by atoms with Gasteiger partial charge in [-0.15, -0.1) is 0 Å². The smallest absolute Gasteiger partial charge is 0.255 e. The standard InChI is InChI=1S/C19H21NO3.H2/c21-17(14-4-2-1-3-5-14)18-19(22)20(8-9-23-18)12-13-6-7-15-11-16(15)10-13;/h1-7,10,15-18,21H,8-9,11-12H2;1H/t15?,16?,17-,18-;/m0./s1. The van der Waals surface area contributed by atoms with Crippen LogP contribution in [0.4, 0.5) is 0 Å². The van der Waals surface area contributed by atoms with E-state index in [-0.39, 0.29) is 7.33 Å². The van der Waals surface area contributed by atoms with Gasteiger partial charge in [0.15, 0.2) is 6.10 Å². The summed E-state index contributed by atoms with van der Waals surface area (Å²) in [4.78, 5) is 14.5. The Bertz CT molecular complexity index is 658. The molecular formula is C19H23NO3. The van der Waals surface area contributed by atoms with Crippen LogP contribution in [0.25, 0.3) is 0 Å². The van der Waals surface area contributed by atoms with Gasteiger partial charge in [0, 0.05) is 14.5 Å². The minimum atomic E-state index is -0.921. The molecule has 0 bridgehead atoms. The molecule has 0 aromatic heterocycles. The molecule has 2 fully saturated rings. The van der Waals surface area contributed by atoms with Crippen LogP contribution >= 0.6 is 0 Å². The fourth-order valence-corrected chi connectivity index (χ4v) is 3.41. The number of rotatable bonds is 4. The number of aliphatic hydroxyl groups excluding tert-OH is 1. The zero-order valence-electron chi connectivity index (χ0n) is 13.0. The van der Waals surface area contributed by atoms with Crippen LogP contribution in [0.5, 0.6) is 0 Å². The summed E-state index contributed by atoms with van der Waals surface area (Å²) in [5.74, 6) is 1.28. The second-order valence-corrected chi connectivity index (χ2v) is 6.57. The highest BCUT2D eigenvalue weighted by Gasteiger charge is 2.38. The van der Waals surface area contributed by atoms with Gasteiger partial charge >= 0.3 is 0 Å². The highest BCUT2D eigenvalue weighted by molar-refractivity contribution is 5.82. The van der Waals surface area contributed by atoms with Crippen LogP contribution in [0.2, 0.25) is 0 Å². The van der Waals surface area contributed by atoms with Crippen LogP contribution < -0.4 is 0 Å². The lowest BCUT2D eigenvalue weighted by Gasteiger charge is -2.35. The Morgan fingerprint density at radius 3 is 2.91 bits per heavy atom. The second kappa shape index (κ2) is 5.95. The van der Waals surface area contributed by atoms with Crippen LogP contribution in [0.15, 0.2) is 54.1 Å². The summed E-state index contributed by atoms with van der Waals surface area (Å²) in [6, 6.07) is 9.24. The first-order valence-corrected chi connectivity index (χ1v) is 8.24. The number of benzene rings is 1. The van der Waals surface area contributed by atoms with Crippen molar-refractivity contribution in [2.45, 2.75) is 18.6 Å². The van der Waals surface area contributed by atoms with E-state index in [1.165, 1.54) is 12.0 Å². The van der Waals surface area contributed by atoms with Crippen LogP contribution in [0, 0.1) is 11.8 Å². The molecule has 1 amide bonds. The summed E-state index contributed by atoms with van der Waals surface area (Å²) in [6.45, 7) is 1.65. The number of fused-ring (bicyclic) bond motifs is 1. The van der Waals surface area contributed by atoms with Crippen molar-refractivity contribution < 1.29 is 16.1 Å². The van der Waals surface area contributed by atoms with Gasteiger partial charge in [0.2, 0.25) is 0 Å². The van der Waals surface area contributed by atoms with Gasteiger partial charge in [-0.3, -0.25) is 4.79 Å². The third-order valence-corrected chi connectivity index (χ3v) is 4.89. The van der Waals surface area contributed by atoms with E-state index in [4.69, 9.17) is 4.74 Å². The van der Waals surface area contributed by atoms with E-state index in [9.17, 15) is 9.90 Å². The molecule has 1 aromatic rings. The minimum absolute atomic E-state index is 0. The number of hydrogen-bond donors (Lipinski definition) is 1. The normalized spacial score (nSPS) is 30.7. The van der Waals surface area contributed by atoms with Crippen molar-refractivity contribution in [3.63, 3.8) is 0 Å². The van der Waals surface area contributed by atoms with Crippen molar-refractivity contribution in [3.8, 4) is 0 Å². The van der Waals surface area contributed by atoms with Crippen LogP contribution in [0.3, 0.4) is 0 Å². The Kier molecular flexibility index (Phi) is 3.79. The van der Waals surface area contributed by atoms with Crippen molar-refractivity contribution in [3.05, 3.63) is 59.7 Å². The molecule has 122 valence electrons. The molecule has 3 aliphatic rings. The summed E-state index contributed by atoms with van der Waals surface area (Å²) < 4.78 is 5.58. The average molecular weight is 313 g/mol. The van der Waals surface area contributed by atoms with E-state index >= 15 is 0 Å². The number of aliphatic hydroxyl groups is 1. The number of carbonyl (C=O) groups is 1. The van der Waals surface area contributed by atoms with Gasteiger partial charge in [-0.05, 0) is 29.4 Å². The van der Waals surface area contributed by atoms with Gasteiger partial charge in [0.25, 0.3) is 5.91 Å². The Labute approximate surface area is 137 Å². The lowest BCUT2D eigenvalue weighted by Crippen LogP contribution is -2.50. The van der Waals surface area contributed by atoms with Gasteiger partial charge < -0.3 is 14.7 Å². The number of hydrogen-bond acceptors (Lipinski definition) is 3. The van der Waals surface area contributed by atoms with Crippen LogP contribution in [-0.4, -0.2) is 41.7 Å². The topological polar surface area (TPSA) is 49.8 Å². The molecule has 0 spiro atoms. The molecule has 1 aliphatic heterocycles. The zero-order chi connectivity index (χ0) is 15.8. The maximum absolute atomic E-state index is 12.7. The van der Waals surface area contributed by atoms with E-state index in [0.29, 0.717) is 31.2 Å². The molecule has 2 aliphatic carbocycles. The molecule has 1 heterocycles. The Morgan fingerprint density at radius 2 is 2.13 bits per heavy atom. The van der Waals surface area contributed by atoms with Crippen LogP contribution in [0.1, 0.15) is 19.5 Å². The molecule has 4 heteroatoms. The van der Waals surface area contributed by atoms with E-state index < -0.39 is 12.2 Å². The van der Waals surface area contributed by atoms with E-state index in [1.54, 1.807) is 4.90 Å². The van der Waals surface area contributed by atoms with Crippen molar-refractivity contribution in [2.75, 3.05) is 19.7 Å².